The molecule has 0 saturated heterocycles. The van der Waals surface area contributed by atoms with E-state index in [-0.39, 0.29) is 23.1 Å². The third-order valence-corrected chi connectivity index (χ3v) is 6.49. The van der Waals surface area contributed by atoms with Gasteiger partial charge in [0.1, 0.15) is 28.9 Å². The van der Waals surface area contributed by atoms with Gasteiger partial charge in [-0.15, -0.1) is 0 Å². The maximum atomic E-state index is 13.9. The van der Waals surface area contributed by atoms with Gasteiger partial charge in [0.2, 0.25) is 0 Å². The van der Waals surface area contributed by atoms with Crippen LogP contribution in [0.25, 0.3) is 17.1 Å². The van der Waals surface area contributed by atoms with Crippen molar-refractivity contribution in [2.24, 2.45) is 0 Å². The Morgan fingerprint density at radius 1 is 1.14 bits per heavy atom. The molecule has 0 aromatic carbocycles. The molecule has 1 aliphatic carbocycles. The summed E-state index contributed by atoms with van der Waals surface area (Å²) >= 11 is 6.35. The number of aryl methyl sites for hydroxylation is 3. The highest BCUT2D eigenvalue weighted by Gasteiger charge is 2.23. The molecular formula is C26H21ClF2N4O3. The van der Waals surface area contributed by atoms with E-state index in [9.17, 15) is 18.7 Å². The zero-order chi connectivity index (χ0) is 25.6. The Morgan fingerprint density at radius 3 is 2.72 bits per heavy atom. The highest BCUT2D eigenvalue weighted by atomic mass is 35.5. The lowest BCUT2D eigenvalue weighted by Gasteiger charge is -2.17. The van der Waals surface area contributed by atoms with Crippen molar-refractivity contribution >= 4 is 11.6 Å². The summed E-state index contributed by atoms with van der Waals surface area (Å²) in [6, 6.07) is 7.80. The normalized spacial score (nSPS) is 14.7. The molecule has 10 heteroatoms. The molecule has 0 unspecified atom stereocenters. The summed E-state index contributed by atoms with van der Waals surface area (Å²) in [7, 11) is 0. The Labute approximate surface area is 210 Å². The first kappa shape index (κ1) is 24.0. The van der Waals surface area contributed by atoms with E-state index in [0.29, 0.717) is 41.0 Å². The van der Waals surface area contributed by atoms with Gasteiger partial charge in [-0.25, -0.2) is 13.8 Å². The minimum Gasteiger partial charge on any atom is -0.485 e. The number of aromatic nitrogens is 4. The lowest BCUT2D eigenvalue weighted by Crippen LogP contribution is -2.23. The largest absolute Gasteiger partial charge is 0.485 e. The van der Waals surface area contributed by atoms with E-state index < -0.39 is 23.3 Å². The third kappa shape index (κ3) is 4.36. The van der Waals surface area contributed by atoms with Gasteiger partial charge < -0.3 is 9.84 Å². The molecule has 5 rings (SSSR count). The predicted molar refractivity (Wildman–Crippen MR) is 129 cm³/mol. The van der Waals surface area contributed by atoms with Crippen LogP contribution >= 0.6 is 11.6 Å². The summed E-state index contributed by atoms with van der Waals surface area (Å²) in [5.41, 5.74) is 3.96. The second kappa shape index (κ2) is 9.40. The SMILES string of the molecule is Cc1cnc(-c2ccc3c(n2)[C@@H](O)CC3)cc1-n1c(C)cc(OCc2ncc(F)cc2F)c(Cl)c1=O. The van der Waals surface area contributed by atoms with Crippen LogP contribution in [0.3, 0.4) is 0 Å². The molecular weight excluding hydrogens is 490 g/mol. The van der Waals surface area contributed by atoms with Gasteiger partial charge in [0.05, 0.1) is 35.1 Å². The fourth-order valence-electron chi connectivity index (χ4n) is 4.25. The second-order valence-corrected chi connectivity index (χ2v) is 9.00. The van der Waals surface area contributed by atoms with Crippen LogP contribution in [0.5, 0.6) is 5.75 Å². The van der Waals surface area contributed by atoms with E-state index in [4.69, 9.17) is 16.3 Å². The predicted octanol–water partition coefficient (Wildman–Crippen LogP) is 4.80. The van der Waals surface area contributed by atoms with Crippen molar-refractivity contribution in [1.82, 2.24) is 19.5 Å². The summed E-state index contributed by atoms with van der Waals surface area (Å²) in [6.07, 6.45) is 3.35. The number of rotatable bonds is 5. The van der Waals surface area contributed by atoms with Gasteiger partial charge in [-0.1, -0.05) is 17.7 Å². The number of pyridine rings is 4. The molecule has 0 amide bonds. The minimum absolute atomic E-state index is 0.0575. The third-order valence-electron chi connectivity index (χ3n) is 6.14. The van der Waals surface area contributed by atoms with Crippen LogP contribution in [0.2, 0.25) is 5.02 Å². The summed E-state index contributed by atoms with van der Waals surface area (Å²) in [6.45, 7) is 3.20. The molecule has 4 aromatic rings. The fraction of sp³-hybridized carbons (Fsp3) is 0.231. The molecule has 184 valence electrons. The summed E-state index contributed by atoms with van der Waals surface area (Å²) in [5, 5.41) is 10.0. The van der Waals surface area contributed by atoms with Gasteiger partial charge in [-0.2, -0.15) is 0 Å². The second-order valence-electron chi connectivity index (χ2n) is 8.63. The molecule has 4 aromatic heterocycles. The van der Waals surface area contributed by atoms with Gasteiger partial charge in [0, 0.05) is 24.0 Å². The van der Waals surface area contributed by atoms with Crippen LogP contribution in [-0.4, -0.2) is 24.6 Å². The standard InChI is InChI=1S/C26H21ClF2N4O3/c1-13-10-30-19(18-5-3-15-4-6-22(34)25(15)32-18)9-21(13)33-14(2)7-23(24(27)26(33)35)36-12-20-17(29)8-16(28)11-31-20/h3,5,7-11,22,34H,4,6,12H2,1-2H3/t22-/m0/s1. The Bertz CT molecular complexity index is 1560. The van der Waals surface area contributed by atoms with Crippen LogP contribution in [0.15, 0.2) is 47.5 Å². The topological polar surface area (TPSA) is 90.1 Å². The maximum absolute atomic E-state index is 13.9. The molecule has 0 saturated carbocycles. The molecule has 0 bridgehead atoms. The Balaban J connectivity index is 1.50. The summed E-state index contributed by atoms with van der Waals surface area (Å²) in [5.74, 6) is -1.60. The molecule has 4 heterocycles. The monoisotopic (exact) mass is 510 g/mol. The summed E-state index contributed by atoms with van der Waals surface area (Å²) in [4.78, 5) is 26.0. The number of aliphatic hydroxyl groups is 1. The average molecular weight is 511 g/mol. The minimum atomic E-state index is -0.858. The van der Waals surface area contributed by atoms with Crippen LogP contribution in [-0.2, 0) is 13.0 Å². The van der Waals surface area contributed by atoms with Crippen molar-refractivity contribution in [3.05, 3.63) is 97.9 Å². The van der Waals surface area contributed by atoms with Gasteiger partial charge >= 0.3 is 0 Å². The van der Waals surface area contributed by atoms with E-state index in [1.807, 2.05) is 19.1 Å². The lowest BCUT2D eigenvalue weighted by atomic mass is 10.1. The molecule has 0 radical (unpaired) electrons. The smallest absolute Gasteiger partial charge is 0.277 e. The van der Waals surface area contributed by atoms with Gasteiger partial charge in [0.25, 0.3) is 5.56 Å². The molecule has 0 fully saturated rings. The number of hydrogen-bond acceptors (Lipinski definition) is 6. The number of ether oxygens (including phenoxy) is 1. The molecule has 1 atom stereocenters. The molecule has 0 spiro atoms. The Hall–Kier alpha value is -3.69. The first-order valence-corrected chi connectivity index (χ1v) is 11.6. The number of aliphatic hydroxyl groups excluding tert-OH is 1. The quantitative estimate of drug-likeness (QED) is 0.415. The van der Waals surface area contributed by atoms with E-state index in [1.165, 1.54) is 4.57 Å². The highest BCUT2D eigenvalue weighted by molar-refractivity contribution is 6.31. The van der Waals surface area contributed by atoms with E-state index in [0.717, 1.165) is 23.7 Å². The van der Waals surface area contributed by atoms with Crippen molar-refractivity contribution in [3.8, 4) is 22.8 Å². The zero-order valence-electron chi connectivity index (χ0n) is 19.4. The van der Waals surface area contributed by atoms with E-state index in [1.54, 1.807) is 25.3 Å². The van der Waals surface area contributed by atoms with Crippen molar-refractivity contribution in [2.45, 2.75) is 39.4 Å². The molecule has 1 N–H and O–H groups in total. The van der Waals surface area contributed by atoms with Crippen LogP contribution in [0.4, 0.5) is 8.78 Å². The van der Waals surface area contributed by atoms with Gasteiger partial charge in [-0.3, -0.25) is 19.3 Å². The zero-order valence-corrected chi connectivity index (χ0v) is 20.2. The Kier molecular flexibility index (Phi) is 6.27. The van der Waals surface area contributed by atoms with Crippen molar-refractivity contribution < 1.29 is 18.6 Å². The first-order chi connectivity index (χ1) is 17.2. The maximum Gasteiger partial charge on any atom is 0.277 e. The molecule has 7 nitrogen and oxygen atoms in total. The summed E-state index contributed by atoms with van der Waals surface area (Å²) < 4.78 is 34.0. The van der Waals surface area contributed by atoms with Gasteiger partial charge in [0.15, 0.2) is 5.82 Å². The van der Waals surface area contributed by atoms with Crippen molar-refractivity contribution in [3.63, 3.8) is 0 Å². The van der Waals surface area contributed by atoms with Crippen molar-refractivity contribution in [2.75, 3.05) is 0 Å². The first-order valence-electron chi connectivity index (χ1n) is 11.2. The average Bonchev–Trinajstić information content (AvgIpc) is 3.22. The highest BCUT2D eigenvalue weighted by Crippen LogP contribution is 2.32. The fourth-order valence-corrected chi connectivity index (χ4v) is 4.44. The number of halogens is 3. The number of nitrogens with zero attached hydrogens (tertiary/aromatic N) is 4. The van der Waals surface area contributed by atoms with Crippen LogP contribution < -0.4 is 10.3 Å². The lowest BCUT2D eigenvalue weighted by molar-refractivity contribution is 0.176. The molecule has 0 aliphatic heterocycles. The molecule has 36 heavy (non-hydrogen) atoms. The van der Waals surface area contributed by atoms with E-state index >= 15 is 0 Å². The van der Waals surface area contributed by atoms with Gasteiger partial charge in [-0.05, 0) is 49.9 Å². The number of hydrogen-bond donors (Lipinski definition) is 1. The van der Waals surface area contributed by atoms with Crippen LogP contribution in [0, 0.1) is 25.5 Å². The Morgan fingerprint density at radius 2 is 1.94 bits per heavy atom. The van der Waals surface area contributed by atoms with Crippen molar-refractivity contribution in [1.29, 1.82) is 0 Å². The van der Waals surface area contributed by atoms with E-state index in [2.05, 4.69) is 15.0 Å². The van der Waals surface area contributed by atoms with Crippen LogP contribution in [0.1, 0.15) is 40.7 Å². The molecule has 1 aliphatic rings. The number of fused-ring (bicyclic) bond motifs is 1.